The maximum atomic E-state index is 9.86. The van der Waals surface area contributed by atoms with Crippen molar-refractivity contribution < 1.29 is 5.11 Å². The number of hydrogen-bond acceptors (Lipinski definition) is 1. The SMILES string of the molecule is CCCCC(CO)P(c1ccccc1)c1ccccc1. The van der Waals surface area contributed by atoms with Crippen LogP contribution in [0.2, 0.25) is 0 Å². The van der Waals surface area contributed by atoms with Crippen LogP contribution < -0.4 is 10.6 Å². The van der Waals surface area contributed by atoms with Gasteiger partial charge in [-0.25, -0.2) is 0 Å². The van der Waals surface area contributed by atoms with Crippen molar-refractivity contribution >= 4 is 18.5 Å². The van der Waals surface area contributed by atoms with Crippen molar-refractivity contribution in [2.45, 2.75) is 31.8 Å². The Bertz CT molecular complexity index is 444. The maximum Gasteiger partial charge on any atom is 0.0504 e. The van der Waals surface area contributed by atoms with Crippen LogP contribution >= 0.6 is 7.92 Å². The highest BCUT2D eigenvalue weighted by atomic mass is 31.1. The highest BCUT2D eigenvalue weighted by Crippen LogP contribution is 2.41. The molecule has 0 saturated heterocycles. The molecular formula is C18H23OP. The molecule has 1 N–H and O–H groups in total. The van der Waals surface area contributed by atoms with Crippen molar-refractivity contribution in [3.8, 4) is 0 Å². The second kappa shape index (κ2) is 8.19. The lowest BCUT2D eigenvalue weighted by molar-refractivity contribution is 0.287. The summed E-state index contributed by atoms with van der Waals surface area (Å²) in [7, 11) is -0.476. The molecule has 0 aliphatic heterocycles. The Kier molecular flexibility index (Phi) is 6.24. The van der Waals surface area contributed by atoms with Gasteiger partial charge in [0.25, 0.3) is 0 Å². The highest BCUT2D eigenvalue weighted by Gasteiger charge is 2.23. The largest absolute Gasteiger partial charge is 0.396 e. The molecule has 2 aromatic rings. The van der Waals surface area contributed by atoms with Gasteiger partial charge in [0.15, 0.2) is 0 Å². The average molecular weight is 286 g/mol. The van der Waals surface area contributed by atoms with E-state index in [1.165, 1.54) is 23.5 Å². The lowest BCUT2D eigenvalue weighted by Crippen LogP contribution is -2.24. The van der Waals surface area contributed by atoms with Crippen LogP contribution in [0.5, 0.6) is 0 Å². The number of hydrogen-bond donors (Lipinski definition) is 1. The van der Waals surface area contributed by atoms with Crippen molar-refractivity contribution in [1.29, 1.82) is 0 Å². The van der Waals surface area contributed by atoms with Gasteiger partial charge in [-0.1, -0.05) is 80.4 Å². The Balaban J connectivity index is 2.33. The Labute approximate surface area is 123 Å². The van der Waals surface area contributed by atoms with Crippen molar-refractivity contribution in [1.82, 2.24) is 0 Å². The van der Waals surface area contributed by atoms with E-state index in [4.69, 9.17) is 0 Å². The topological polar surface area (TPSA) is 20.2 Å². The van der Waals surface area contributed by atoms with E-state index in [9.17, 15) is 5.11 Å². The molecule has 1 nitrogen and oxygen atoms in total. The van der Waals surface area contributed by atoms with E-state index in [2.05, 4.69) is 67.6 Å². The summed E-state index contributed by atoms with van der Waals surface area (Å²) in [5.41, 5.74) is 0.356. The van der Waals surface area contributed by atoms with Gasteiger partial charge in [-0.2, -0.15) is 0 Å². The zero-order valence-corrected chi connectivity index (χ0v) is 13.0. The number of aliphatic hydroxyl groups excluding tert-OH is 1. The molecule has 0 bridgehead atoms. The van der Waals surface area contributed by atoms with Crippen LogP contribution in [0.3, 0.4) is 0 Å². The number of benzene rings is 2. The predicted molar refractivity (Wildman–Crippen MR) is 89.5 cm³/mol. The third kappa shape index (κ3) is 3.91. The van der Waals surface area contributed by atoms with Gasteiger partial charge < -0.3 is 5.11 Å². The highest BCUT2D eigenvalue weighted by molar-refractivity contribution is 7.73. The fraction of sp³-hybridized carbons (Fsp3) is 0.333. The summed E-state index contributed by atoms with van der Waals surface area (Å²) in [6.07, 6.45) is 3.47. The Morgan fingerprint density at radius 3 is 1.80 bits per heavy atom. The molecule has 2 rings (SSSR count). The first-order valence-corrected chi connectivity index (χ1v) is 8.78. The summed E-state index contributed by atoms with van der Waals surface area (Å²) in [5.74, 6) is 0. The number of rotatable bonds is 7. The van der Waals surface area contributed by atoms with Crippen LogP contribution in [0.1, 0.15) is 26.2 Å². The summed E-state index contributed by atoms with van der Waals surface area (Å²) >= 11 is 0. The maximum absolute atomic E-state index is 9.86. The zero-order valence-electron chi connectivity index (χ0n) is 12.1. The predicted octanol–water partition coefficient (Wildman–Crippen LogP) is 3.67. The summed E-state index contributed by atoms with van der Waals surface area (Å²) in [5, 5.41) is 12.6. The van der Waals surface area contributed by atoms with Gasteiger partial charge in [0.1, 0.15) is 0 Å². The molecular weight excluding hydrogens is 263 g/mol. The molecule has 20 heavy (non-hydrogen) atoms. The second-order valence-electron chi connectivity index (χ2n) is 5.02. The number of aliphatic hydroxyl groups is 1. The monoisotopic (exact) mass is 286 g/mol. The fourth-order valence-electron chi connectivity index (χ4n) is 2.49. The van der Waals surface area contributed by atoms with Crippen molar-refractivity contribution in [2.75, 3.05) is 6.61 Å². The first-order valence-electron chi connectivity index (χ1n) is 7.37. The minimum absolute atomic E-state index is 0.273. The molecule has 0 fully saturated rings. The molecule has 0 saturated carbocycles. The van der Waals surface area contributed by atoms with Crippen molar-refractivity contribution in [3.05, 3.63) is 60.7 Å². The first kappa shape index (κ1) is 15.2. The van der Waals surface area contributed by atoms with Gasteiger partial charge in [-0.3, -0.25) is 0 Å². The quantitative estimate of drug-likeness (QED) is 0.770. The first-order chi connectivity index (χ1) is 9.86. The van der Waals surface area contributed by atoms with Gasteiger partial charge in [0.05, 0.1) is 6.61 Å². The van der Waals surface area contributed by atoms with Crippen molar-refractivity contribution in [3.63, 3.8) is 0 Å². The number of unbranched alkanes of at least 4 members (excludes halogenated alkanes) is 1. The standard InChI is InChI=1S/C18H23OP/c1-2-3-10-18(15-19)20(16-11-6-4-7-12-16)17-13-8-5-9-14-17/h4-9,11-14,18-19H,2-3,10,15H2,1H3. The lowest BCUT2D eigenvalue weighted by atomic mass is 10.2. The van der Waals surface area contributed by atoms with Gasteiger partial charge in [-0.05, 0) is 25.0 Å². The molecule has 0 heterocycles. The molecule has 0 aliphatic rings. The smallest absolute Gasteiger partial charge is 0.0504 e. The Hall–Kier alpha value is -1.17. The van der Waals surface area contributed by atoms with E-state index < -0.39 is 7.92 Å². The van der Waals surface area contributed by atoms with Crippen LogP contribution in [0.25, 0.3) is 0 Å². The fourth-order valence-corrected chi connectivity index (χ4v) is 5.22. The summed E-state index contributed by atoms with van der Waals surface area (Å²) in [6, 6.07) is 21.3. The molecule has 2 aromatic carbocycles. The zero-order chi connectivity index (χ0) is 14.2. The van der Waals surface area contributed by atoms with Gasteiger partial charge >= 0.3 is 0 Å². The molecule has 1 atom stereocenters. The molecule has 0 aromatic heterocycles. The molecule has 0 spiro atoms. The van der Waals surface area contributed by atoms with Gasteiger partial charge in [0, 0.05) is 5.66 Å². The molecule has 106 valence electrons. The van der Waals surface area contributed by atoms with Crippen LogP contribution in [0, 0.1) is 0 Å². The Morgan fingerprint density at radius 1 is 0.900 bits per heavy atom. The van der Waals surface area contributed by atoms with E-state index >= 15 is 0 Å². The second-order valence-corrected chi connectivity index (χ2v) is 7.52. The van der Waals surface area contributed by atoms with E-state index in [0.29, 0.717) is 5.66 Å². The molecule has 0 aliphatic carbocycles. The Morgan fingerprint density at radius 2 is 1.40 bits per heavy atom. The normalized spacial score (nSPS) is 12.6. The van der Waals surface area contributed by atoms with Crippen molar-refractivity contribution in [2.24, 2.45) is 0 Å². The molecule has 0 amide bonds. The van der Waals surface area contributed by atoms with E-state index in [-0.39, 0.29) is 6.61 Å². The van der Waals surface area contributed by atoms with Crippen LogP contribution in [0.15, 0.2) is 60.7 Å². The minimum atomic E-state index is -0.476. The van der Waals surface area contributed by atoms with Crippen LogP contribution in [-0.2, 0) is 0 Å². The summed E-state index contributed by atoms with van der Waals surface area (Å²) in [4.78, 5) is 0. The third-order valence-electron chi connectivity index (χ3n) is 3.54. The summed E-state index contributed by atoms with van der Waals surface area (Å²) in [6.45, 7) is 2.48. The summed E-state index contributed by atoms with van der Waals surface area (Å²) < 4.78 is 0. The minimum Gasteiger partial charge on any atom is -0.396 e. The lowest BCUT2D eigenvalue weighted by Gasteiger charge is -2.27. The van der Waals surface area contributed by atoms with E-state index in [1.807, 2.05) is 0 Å². The third-order valence-corrected chi connectivity index (χ3v) is 6.40. The van der Waals surface area contributed by atoms with Gasteiger partial charge in [-0.15, -0.1) is 0 Å². The molecule has 0 radical (unpaired) electrons. The average Bonchev–Trinajstić information content (AvgIpc) is 2.53. The van der Waals surface area contributed by atoms with E-state index in [1.54, 1.807) is 0 Å². The van der Waals surface area contributed by atoms with E-state index in [0.717, 1.165) is 6.42 Å². The molecule has 2 heteroatoms. The van der Waals surface area contributed by atoms with Crippen LogP contribution in [-0.4, -0.2) is 17.4 Å². The molecule has 1 unspecified atom stereocenters. The van der Waals surface area contributed by atoms with Gasteiger partial charge in [0.2, 0.25) is 0 Å². The van der Waals surface area contributed by atoms with Crippen LogP contribution in [0.4, 0.5) is 0 Å².